The van der Waals surface area contributed by atoms with Crippen LogP contribution in [0.15, 0.2) is 41.3 Å². The average Bonchev–Trinajstić information content (AvgIpc) is 2.46. The van der Waals surface area contributed by atoms with Gasteiger partial charge in [-0.25, -0.2) is 21.9 Å². The van der Waals surface area contributed by atoms with E-state index in [0.29, 0.717) is 11.6 Å². The van der Waals surface area contributed by atoms with E-state index in [9.17, 15) is 27.3 Å². The summed E-state index contributed by atoms with van der Waals surface area (Å²) in [5.41, 5.74) is -0.0587. The van der Waals surface area contributed by atoms with Gasteiger partial charge in [0.25, 0.3) is 5.69 Å². The molecule has 2 aromatic rings. The van der Waals surface area contributed by atoms with E-state index in [1.54, 1.807) is 0 Å². The predicted molar refractivity (Wildman–Crippen MR) is 82.9 cm³/mol. The van der Waals surface area contributed by atoms with E-state index in [1.807, 2.05) is 0 Å². The molecule has 0 amide bonds. The molecule has 0 spiro atoms. The maximum atomic E-state index is 13.7. The minimum absolute atomic E-state index is 0.0402. The number of halogens is 2. The molecule has 0 saturated carbocycles. The van der Waals surface area contributed by atoms with Crippen LogP contribution in [0.25, 0.3) is 0 Å². The highest BCUT2D eigenvalue weighted by Gasteiger charge is 2.23. The molecule has 0 heterocycles. The second-order valence-corrected chi connectivity index (χ2v) is 6.93. The van der Waals surface area contributed by atoms with Crippen molar-refractivity contribution in [3.8, 4) is 0 Å². The summed E-state index contributed by atoms with van der Waals surface area (Å²) >= 11 is 0. The molecule has 0 aliphatic heterocycles. The highest BCUT2D eigenvalue weighted by atomic mass is 32.2. The molecular weight excluding hydrogens is 342 g/mol. The van der Waals surface area contributed by atoms with Crippen molar-refractivity contribution in [2.45, 2.75) is 24.8 Å². The fraction of sp³-hybridized carbons (Fsp3) is 0.200. The number of nitrogens with zero attached hydrogens (tertiary/aromatic N) is 1. The fourth-order valence-corrected chi connectivity index (χ4v) is 3.41. The molecule has 2 rings (SSSR count). The first-order valence-electron chi connectivity index (χ1n) is 6.84. The van der Waals surface area contributed by atoms with Crippen LogP contribution in [0.4, 0.5) is 14.5 Å². The summed E-state index contributed by atoms with van der Waals surface area (Å²) < 4.78 is 53.6. The summed E-state index contributed by atoms with van der Waals surface area (Å²) in [5.74, 6) is -1.67. The summed E-state index contributed by atoms with van der Waals surface area (Å²) in [6.07, 6.45) is 0. The van der Waals surface area contributed by atoms with Gasteiger partial charge in [0.2, 0.25) is 10.0 Å². The molecule has 9 heteroatoms. The van der Waals surface area contributed by atoms with Gasteiger partial charge >= 0.3 is 0 Å². The van der Waals surface area contributed by atoms with Crippen molar-refractivity contribution in [1.29, 1.82) is 0 Å². The molecule has 0 aliphatic carbocycles. The number of hydrogen-bond donors (Lipinski definition) is 1. The van der Waals surface area contributed by atoms with Gasteiger partial charge in [0.15, 0.2) is 0 Å². The highest BCUT2D eigenvalue weighted by Crippen LogP contribution is 2.24. The van der Waals surface area contributed by atoms with Crippen LogP contribution in [0, 0.1) is 28.7 Å². The number of aryl methyl sites for hydroxylation is 1. The van der Waals surface area contributed by atoms with E-state index < -0.39 is 32.6 Å². The van der Waals surface area contributed by atoms with Crippen LogP contribution in [-0.2, 0) is 10.0 Å². The molecule has 0 saturated heterocycles. The lowest BCUT2D eigenvalue weighted by atomic mass is 10.1. The van der Waals surface area contributed by atoms with Gasteiger partial charge in [-0.2, -0.15) is 0 Å². The summed E-state index contributed by atoms with van der Waals surface area (Å²) in [6, 6.07) is 5.28. The Bertz CT molecular complexity index is 900. The molecule has 1 atom stereocenters. The van der Waals surface area contributed by atoms with Gasteiger partial charge in [-0.1, -0.05) is 12.1 Å². The zero-order valence-corrected chi connectivity index (χ0v) is 13.6. The normalized spacial score (nSPS) is 12.8. The molecule has 1 N–H and O–H groups in total. The van der Waals surface area contributed by atoms with Crippen LogP contribution in [0.1, 0.15) is 24.1 Å². The van der Waals surface area contributed by atoms with Crippen LogP contribution in [0.5, 0.6) is 0 Å². The molecule has 0 fully saturated rings. The van der Waals surface area contributed by atoms with Gasteiger partial charge in [0, 0.05) is 29.3 Å². The lowest BCUT2D eigenvalue weighted by Crippen LogP contribution is -2.27. The van der Waals surface area contributed by atoms with E-state index in [2.05, 4.69) is 4.72 Å². The fourth-order valence-electron chi connectivity index (χ4n) is 2.17. The van der Waals surface area contributed by atoms with E-state index >= 15 is 0 Å². The smallest absolute Gasteiger partial charge is 0.258 e. The lowest BCUT2D eigenvalue weighted by molar-refractivity contribution is -0.385. The van der Waals surface area contributed by atoms with Crippen molar-refractivity contribution >= 4 is 15.7 Å². The number of rotatable bonds is 5. The largest absolute Gasteiger partial charge is 0.273 e. The van der Waals surface area contributed by atoms with Crippen LogP contribution >= 0.6 is 0 Å². The summed E-state index contributed by atoms with van der Waals surface area (Å²) in [7, 11) is -4.12. The number of hydrogen-bond acceptors (Lipinski definition) is 4. The molecule has 0 unspecified atom stereocenters. The van der Waals surface area contributed by atoms with Gasteiger partial charge in [-0.3, -0.25) is 10.1 Å². The molecule has 0 aliphatic rings. The van der Waals surface area contributed by atoms with E-state index in [-0.39, 0.29) is 16.1 Å². The van der Waals surface area contributed by atoms with Crippen LogP contribution in [-0.4, -0.2) is 13.3 Å². The molecule has 6 nitrogen and oxygen atoms in total. The number of sulfonamides is 1. The van der Waals surface area contributed by atoms with Gasteiger partial charge in [0.05, 0.1) is 9.82 Å². The SMILES string of the molecule is Cc1ccc(S(=O)(=O)N[C@H](C)c2ccc(F)cc2F)cc1[N+](=O)[O-]. The van der Waals surface area contributed by atoms with Crippen molar-refractivity contribution in [1.82, 2.24) is 4.72 Å². The van der Waals surface area contributed by atoms with Crippen molar-refractivity contribution in [3.05, 3.63) is 69.3 Å². The summed E-state index contributed by atoms with van der Waals surface area (Å²) in [4.78, 5) is 9.93. The maximum absolute atomic E-state index is 13.7. The molecule has 0 aromatic heterocycles. The van der Waals surface area contributed by atoms with Crippen molar-refractivity contribution in [3.63, 3.8) is 0 Å². The standard InChI is InChI=1S/C15H14F2N2O4S/c1-9-3-5-12(8-15(9)19(20)21)24(22,23)18-10(2)13-6-4-11(16)7-14(13)17/h3-8,10,18H,1-2H3/t10-/m1/s1. The summed E-state index contributed by atoms with van der Waals surface area (Å²) in [5, 5.41) is 10.9. The van der Waals surface area contributed by atoms with Crippen LogP contribution in [0.3, 0.4) is 0 Å². The predicted octanol–water partition coefficient (Wildman–Crippen LogP) is 3.22. The Morgan fingerprint density at radius 1 is 1.17 bits per heavy atom. The second-order valence-electron chi connectivity index (χ2n) is 5.21. The Morgan fingerprint density at radius 3 is 2.42 bits per heavy atom. The van der Waals surface area contributed by atoms with E-state index in [4.69, 9.17) is 0 Å². The highest BCUT2D eigenvalue weighted by molar-refractivity contribution is 7.89. The first-order chi connectivity index (χ1) is 11.1. The van der Waals surface area contributed by atoms with Crippen molar-refractivity contribution in [2.24, 2.45) is 0 Å². The molecule has 128 valence electrons. The van der Waals surface area contributed by atoms with Crippen LogP contribution < -0.4 is 4.72 Å². The average molecular weight is 356 g/mol. The number of nitro benzene ring substituents is 1. The maximum Gasteiger partial charge on any atom is 0.273 e. The zero-order chi connectivity index (χ0) is 18.1. The monoisotopic (exact) mass is 356 g/mol. The summed E-state index contributed by atoms with van der Waals surface area (Å²) in [6.45, 7) is 2.87. The molecule has 0 bridgehead atoms. The number of nitrogens with one attached hydrogen (secondary N) is 1. The van der Waals surface area contributed by atoms with Crippen molar-refractivity contribution < 1.29 is 22.1 Å². The first kappa shape index (κ1) is 18.0. The van der Waals surface area contributed by atoms with Crippen LogP contribution in [0.2, 0.25) is 0 Å². The molecule has 24 heavy (non-hydrogen) atoms. The topological polar surface area (TPSA) is 89.3 Å². The third-order valence-electron chi connectivity index (χ3n) is 3.45. The van der Waals surface area contributed by atoms with Gasteiger partial charge in [0.1, 0.15) is 11.6 Å². The Kier molecular flexibility index (Phi) is 4.95. The Morgan fingerprint density at radius 2 is 1.83 bits per heavy atom. The van der Waals surface area contributed by atoms with E-state index in [1.165, 1.54) is 26.0 Å². The van der Waals surface area contributed by atoms with Gasteiger partial charge in [-0.05, 0) is 26.0 Å². The van der Waals surface area contributed by atoms with Gasteiger partial charge < -0.3 is 0 Å². The number of nitro groups is 1. The van der Waals surface area contributed by atoms with E-state index in [0.717, 1.165) is 18.2 Å². The Labute approximate surface area is 137 Å². The Balaban J connectivity index is 2.34. The molecular formula is C15H14F2N2O4S. The van der Waals surface area contributed by atoms with Crippen molar-refractivity contribution in [2.75, 3.05) is 0 Å². The minimum Gasteiger partial charge on any atom is -0.258 e. The zero-order valence-electron chi connectivity index (χ0n) is 12.8. The molecule has 2 aromatic carbocycles. The second kappa shape index (κ2) is 6.62. The lowest BCUT2D eigenvalue weighted by Gasteiger charge is -2.15. The molecule has 0 radical (unpaired) electrons. The quantitative estimate of drug-likeness (QED) is 0.658. The third kappa shape index (κ3) is 3.74. The third-order valence-corrected chi connectivity index (χ3v) is 4.99. The number of benzene rings is 2. The van der Waals surface area contributed by atoms with Gasteiger partial charge in [-0.15, -0.1) is 0 Å². The Hall–Kier alpha value is -2.39. The first-order valence-corrected chi connectivity index (χ1v) is 8.32. The minimum atomic E-state index is -4.12.